The Morgan fingerprint density at radius 3 is 2.65 bits per heavy atom. The summed E-state index contributed by atoms with van der Waals surface area (Å²) >= 11 is 3.45. The molecule has 1 aromatic heterocycles. The Kier molecular flexibility index (Phi) is 8.53. The van der Waals surface area contributed by atoms with Crippen LogP contribution >= 0.6 is 39.9 Å². The lowest BCUT2D eigenvalue weighted by Crippen LogP contribution is -2.38. The zero-order valence-corrected chi connectivity index (χ0v) is 17.4. The Morgan fingerprint density at radius 2 is 2.04 bits per heavy atom. The highest BCUT2D eigenvalue weighted by molar-refractivity contribution is 14.0. The first-order valence-corrected chi connectivity index (χ1v) is 7.96. The fourth-order valence-electron chi connectivity index (χ4n) is 2.16. The van der Waals surface area contributed by atoms with E-state index >= 15 is 0 Å². The summed E-state index contributed by atoms with van der Waals surface area (Å²) in [5.74, 6) is 1.73. The van der Waals surface area contributed by atoms with E-state index < -0.39 is 0 Å². The van der Waals surface area contributed by atoms with Crippen LogP contribution in [0.2, 0.25) is 0 Å². The van der Waals surface area contributed by atoms with Crippen molar-refractivity contribution in [1.29, 1.82) is 0 Å². The van der Waals surface area contributed by atoms with Gasteiger partial charge in [-0.3, -0.25) is 4.99 Å². The first-order valence-electron chi connectivity index (χ1n) is 7.17. The molecule has 2 aromatic rings. The summed E-state index contributed by atoms with van der Waals surface area (Å²) in [6.07, 6.45) is 1.74. The average Bonchev–Trinajstić information content (AvgIpc) is 2.98. The second-order valence-corrected chi connectivity index (χ2v) is 5.83. The zero-order valence-electron chi connectivity index (χ0n) is 13.5. The van der Waals surface area contributed by atoms with Crippen molar-refractivity contribution in [2.75, 3.05) is 14.1 Å². The Labute approximate surface area is 162 Å². The van der Waals surface area contributed by atoms with Crippen molar-refractivity contribution in [3.63, 3.8) is 0 Å². The van der Waals surface area contributed by atoms with E-state index in [0.29, 0.717) is 6.54 Å². The van der Waals surface area contributed by atoms with Crippen molar-refractivity contribution in [2.45, 2.75) is 26.6 Å². The van der Waals surface area contributed by atoms with Gasteiger partial charge in [0.05, 0.1) is 6.54 Å². The molecule has 0 bridgehead atoms. The molecule has 0 saturated heterocycles. The van der Waals surface area contributed by atoms with E-state index in [1.807, 2.05) is 23.7 Å². The van der Waals surface area contributed by atoms with Crippen LogP contribution in [0.1, 0.15) is 18.3 Å². The van der Waals surface area contributed by atoms with Crippen molar-refractivity contribution in [1.82, 2.24) is 25.0 Å². The molecule has 23 heavy (non-hydrogen) atoms. The molecule has 0 aliphatic heterocycles. The molecular weight excluding hydrogens is 471 g/mol. The molecule has 1 heterocycles. The number of halogens is 2. The maximum atomic E-state index is 4.32. The van der Waals surface area contributed by atoms with Gasteiger partial charge in [0.2, 0.25) is 0 Å². The van der Waals surface area contributed by atoms with Crippen LogP contribution < -0.4 is 5.32 Å². The highest BCUT2D eigenvalue weighted by atomic mass is 127. The molecule has 0 fully saturated rings. The third-order valence-corrected chi connectivity index (χ3v) is 3.88. The number of rotatable bonds is 5. The summed E-state index contributed by atoms with van der Waals surface area (Å²) in [7, 11) is 3.80. The molecule has 0 atom stereocenters. The van der Waals surface area contributed by atoms with E-state index in [9.17, 15) is 0 Å². The number of aromatic nitrogens is 3. The van der Waals surface area contributed by atoms with Gasteiger partial charge < -0.3 is 14.8 Å². The van der Waals surface area contributed by atoms with E-state index in [0.717, 1.165) is 29.3 Å². The highest BCUT2D eigenvalue weighted by Crippen LogP contribution is 2.11. The van der Waals surface area contributed by atoms with Gasteiger partial charge in [-0.05, 0) is 24.6 Å². The summed E-state index contributed by atoms with van der Waals surface area (Å²) in [5.41, 5.74) is 1.23. The van der Waals surface area contributed by atoms with Gasteiger partial charge in [0.1, 0.15) is 6.33 Å². The van der Waals surface area contributed by atoms with Crippen molar-refractivity contribution < 1.29 is 0 Å². The van der Waals surface area contributed by atoms with E-state index in [1.165, 1.54) is 5.56 Å². The molecule has 1 N–H and O–H groups in total. The molecule has 0 aliphatic rings. The van der Waals surface area contributed by atoms with E-state index in [4.69, 9.17) is 0 Å². The molecule has 1 aromatic carbocycles. The van der Waals surface area contributed by atoms with Crippen LogP contribution in [0.3, 0.4) is 0 Å². The zero-order chi connectivity index (χ0) is 15.9. The molecule has 6 nitrogen and oxygen atoms in total. The number of aliphatic imine (C=N–C) groups is 1. The Morgan fingerprint density at radius 1 is 1.35 bits per heavy atom. The predicted octanol–water partition coefficient (Wildman–Crippen LogP) is 2.89. The third kappa shape index (κ3) is 5.76. The van der Waals surface area contributed by atoms with Gasteiger partial charge in [0, 0.05) is 31.7 Å². The van der Waals surface area contributed by atoms with Gasteiger partial charge in [-0.1, -0.05) is 28.1 Å². The first-order chi connectivity index (χ1) is 10.6. The standard InChI is InChI=1S/C15H21BrN6.HI/c1-4-22-11-19-20-14(22)9-18-15(17-2)21(3)10-12-5-7-13(16)8-6-12;/h5-8,11H,4,9-10H2,1-3H3,(H,17,18);1H. The molecular formula is C15H22BrIN6. The lowest BCUT2D eigenvalue weighted by atomic mass is 10.2. The number of nitrogens with one attached hydrogen (secondary N) is 1. The number of aryl methyl sites for hydroxylation is 1. The second kappa shape index (κ2) is 9.86. The van der Waals surface area contributed by atoms with Crippen LogP contribution in [0.25, 0.3) is 0 Å². The van der Waals surface area contributed by atoms with Crippen LogP contribution in [0.5, 0.6) is 0 Å². The fraction of sp³-hybridized carbons (Fsp3) is 0.400. The molecule has 0 spiro atoms. The maximum absolute atomic E-state index is 4.32. The van der Waals surface area contributed by atoms with Crippen molar-refractivity contribution in [3.05, 3.63) is 46.5 Å². The first kappa shape index (κ1) is 19.9. The van der Waals surface area contributed by atoms with Crippen LogP contribution in [0.4, 0.5) is 0 Å². The average molecular weight is 493 g/mol. The minimum absolute atomic E-state index is 0. The molecule has 0 aliphatic carbocycles. The minimum atomic E-state index is 0. The van der Waals surface area contributed by atoms with E-state index in [-0.39, 0.29) is 24.0 Å². The summed E-state index contributed by atoms with van der Waals surface area (Å²) in [5, 5.41) is 11.4. The van der Waals surface area contributed by atoms with Gasteiger partial charge in [-0.25, -0.2) is 0 Å². The molecule has 126 valence electrons. The molecule has 0 radical (unpaired) electrons. The Bertz CT molecular complexity index is 625. The number of nitrogens with zero attached hydrogens (tertiary/aromatic N) is 5. The van der Waals surface area contributed by atoms with Gasteiger partial charge in [0.25, 0.3) is 0 Å². The SMILES string of the molecule is CCn1cnnc1CNC(=NC)N(C)Cc1ccc(Br)cc1.I. The van der Waals surface area contributed by atoms with Crippen LogP contribution in [0, 0.1) is 0 Å². The molecule has 0 unspecified atom stereocenters. The van der Waals surface area contributed by atoms with Crippen molar-refractivity contribution in [2.24, 2.45) is 4.99 Å². The van der Waals surface area contributed by atoms with Crippen LogP contribution in [-0.4, -0.2) is 39.7 Å². The molecule has 0 saturated carbocycles. The molecule has 0 amide bonds. The largest absolute Gasteiger partial charge is 0.349 e. The maximum Gasteiger partial charge on any atom is 0.194 e. The predicted molar refractivity (Wildman–Crippen MR) is 107 cm³/mol. The summed E-state index contributed by atoms with van der Waals surface area (Å²) in [4.78, 5) is 6.40. The minimum Gasteiger partial charge on any atom is -0.349 e. The van der Waals surface area contributed by atoms with Crippen LogP contribution in [0.15, 0.2) is 40.1 Å². The summed E-state index contributed by atoms with van der Waals surface area (Å²) in [6, 6.07) is 8.29. The van der Waals surface area contributed by atoms with Crippen molar-refractivity contribution in [3.8, 4) is 0 Å². The number of hydrogen-bond donors (Lipinski definition) is 1. The Balaban J connectivity index is 0.00000264. The van der Waals surface area contributed by atoms with Crippen molar-refractivity contribution >= 4 is 45.9 Å². The van der Waals surface area contributed by atoms with Gasteiger partial charge >= 0.3 is 0 Å². The Hall–Kier alpha value is -1.16. The van der Waals surface area contributed by atoms with Gasteiger partial charge in [0.15, 0.2) is 11.8 Å². The lowest BCUT2D eigenvalue weighted by Gasteiger charge is -2.22. The summed E-state index contributed by atoms with van der Waals surface area (Å²) in [6.45, 7) is 4.32. The topological polar surface area (TPSA) is 58.3 Å². The second-order valence-electron chi connectivity index (χ2n) is 4.92. The quantitative estimate of drug-likeness (QED) is 0.396. The van der Waals surface area contributed by atoms with Gasteiger partial charge in [-0.2, -0.15) is 0 Å². The lowest BCUT2D eigenvalue weighted by molar-refractivity contribution is 0.474. The molecule has 2 rings (SSSR count). The monoisotopic (exact) mass is 492 g/mol. The van der Waals surface area contributed by atoms with E-state index in [1.54, 1.807) is 13.4 Å². The third-order valence-electron chi connectivity index (χ3n) is 3.35. The highest BCUT2D eigenvalue weighted by Gasteiger charge is 2.09. The smallest absolute Gasteiger partial charge is 0.194 e. The number of hydrogen-bond acceptors (Lipinski definition) is 3. The van der Waals surface area contributed by atoms with Gasteiger partial charge in [-0.15, -0.1) is 34.2 Å². The number of benzene rings is 1. The van der Waals surface area contributed by atoms with E-state index in [2.05, 4.69) is 60.4 Å². The molecule has 8 heteroatoms. The number of guanidine groups is 1. The summed E-state index contributed by atoms with van der Waals surface area (Å²) < 4.78 is 3.09. The fourth-order valence-corrected chi connectivity index (χ4v) is 2.43. The normalized spacial score (nSPS) is 11.0. The van der Waals surface area contributed by atoms with Crippen LogP contribution in [-0.2, 0) is 19.6 Å².